The van der Waals surface area contributed by atoms with Gasteiger partial charge in [-0.3, -0.25) is 9.59 Å². The molecule has 4 nitrogen and oxygen atoms in total. The first-order valence-corrected chi connectivity index (χ1v) is 10.6. The summed E-state index contributed by atoms with van der Waals surface area (Å²) in [5.74, 6) is -1.37. The van der Waals surface area contributed by atoms with Gasteiger partial charge < -0.3 is 0 Å². The Labute approximate surface area is 180 Å². The molecule has 2 amide bonds. The van der Waals surface area contributed by atoms with E-state index in [-0.39, 0.29) is 23.7 Å². The van der Waals surface area contributed by atoms with Gasteiger partial charge in [-0.2, -0.15) is 10.1 Å². The van der Waals surface area contributed by atoms with Gasteiger partial charge >= 0.3 is 0 Å². The monoisotopic (exact) mass is 404 g/mol. The number of imide groups is 1. The molecule has 2 atom stereocenters. The molecule has 0 radical (unpaired) electrons. The zero-order valence-corrected chi connectivity index (χ0v) is 16.8. The molecule has 0 saturated carbocycles. The average Bonchev–Trinajstić information content (AvgIpc) is 3.08. The Morgan fingerprint density at radius 3 is 1.58 bits per heavy atom. The van der Waals surface area contributed by atoms with Gasteiger partial charge in [0.1, 0.15) is 0 Å². The summed E-state index contributed by atoms with van der Waals surface area (Å²) in [6.07, 6.45) is 5.19. The lowest BCUT2D eigenvalue weighted by Gasteiger charge is -2.45. The maximum atomic E-state index is 13.4. The van der Waals surface area contributed by atoms with Gasteiger partial charge in [0.15, 0.2) is 0 Å². The zero-order valence-electron chi connectivity index (χ0n) is 16.8. The minimum absolute atomic E-state index is 0.0982. The van der Waals surface area contributed by atoms with Gasteiger partial charge in [0.05, 0.1) is 11.8 Å². The number of benzene rings is 3. The predicted molar refractivity (Wildman–Crippen MR) is 119 cm³/mol. The average molecular weight is 404 g/mol. The Kier molecular flexibility index (Phi) is 4.00. The van der Waals surface area contributed by atoms with Gasteiger partial charge in [0.25, 0.3) is 11.8 Å². The fourth-order valence-corrected chi connectivity index (χ4v) is 5.60. The highest BCUT2D eigenvalue weighted by atomic mass is 16.2. The Morgan fingerprint density at radius 2 is 1.10 bits per heavy atom. The molecule has 3 aromatic rings. The summed E-state index contributed by atoms with van der Waals surface area (Å²) in [4.78, 5) is 26.8. The third-order valence-electron chi connectivity index (χ3n) is 6.78. The highest BCUT2D eigenvalue weighted by Crippen LogP contribution is 2.60. The molecular weight excluding hydrogens is 384 g/mol. The quantitative estimate of drug-likeness (QED) is 0.474. The van der Waals surface area contributed by atoms with Crippen molar-refractivity contribution in [1.82, 2.24) is 5.01 Å². The van der Waals surface area contributed by atoms with Crippen LogP contribution >= 0.6 is 0 Å². The zero-order chi connectivity index (χ0) is 20.9. The predicted octanol–water partition coefficient (Wildman–Crippen LogP) is 4.58. The standard InChI is InChI=1S/C27H20N2O2/c30-26-24-22-18-12-4-5-13-19(18)23(21-15-7-6-14-20(21)22)25(24)27(31)29(26)28-16-8-11-17-9-2-1-3-10-17/h1-16,22-25H/b11-8+,28-16-/t22?,23?,24-,25-/m0/s1. The lowest BCUT2D eigenvalue weighted by atomic mass is 9.55. The fourth-order valence-electron chi connectivity index (χ4n) is 5.60. The van der Waals surface area contributed by atoms with E-state index in [1.807, 2.05) is 60.7 Å². The number of amides is 2. The Morgan fingerprint density at radius 1 is 0.645 bits per heavy atom. The largest absolute Gasteiger partial charge is 0.272 e. The van der Waals surface area contributed by atoms with Crippen molar-refractivity contribution in [1.29, 1.82) is 0 Å². The first-order chi connectivity index (χ1) is 15.3. The van der Waals surface area contributed by atoms with Crippen LogP contribution in [0.1, 0.15) is 39.7 Å². The molecule has 150 valence electrons. The number of hydrogen-bond acceptors (Lipinski definition) is 3. The molecule has 1 heterocycles. The van der Waals surface area contributed by atoms with Gasteiger partial charge in [0.2, 0.25) is 0 Å². The van der Waals surface area contributed by atoms with Crippen molar-refractivity contribution >= 4 is 24.1 Å². The first kappa shape index (κ1) is 18.0. The minimum atomic E-state index is -0.391. The second-order valence-electron chi connectivity index (χ2n) is 8.29. The van der Waals surface area contributed by atoms with E-state index in [4.69, 9.17) is 0 Å². The summed E-state index contributed by atoms with van der Waals surface area (Å²) in [5.41, 5.74) is 5.71. The molecule has 4 heteroatoms. The van der Waals surface area contributed by atoms with Crippen LogP contribution in [0.15, 0.2) is 90.0 Å². The van der Waals surface area contributed by atoms with Crippen LogP contribution < -0.4 is 0 Å². The van der Waals surface area contributed by atoms with Crippen molar-refractivity contribution in [3.05, 3.63) is 113 Å². The molecule has 0 unspecified atom stereocenters. The summed E-state index contributed by atoms with van der Waals surface area (Å²) >= 11 is 0. The van der Waals surface area contributed by atoms with Crippen LogP contribution in [0.2, 0.25) is 0 Å². The molecule has 7 rings (SSSR count). The number of allylic oxidation sites excluding steroid dienone is 1. The molecule has 4 aliphatic rings. The smallest absolute Gasteiger partial charge is 0.254 e. The van der Waals surface area contributed by atoms with Crippen molar-refractivity contribution in [2.45, 2.75) is 11.8 Å². The topological polar surface area (TPSA) is 49.7 Å². The normalized spacial score (nSPS) is 25.9. The van der Waals surface area contributed by atoms with Crippen molar-refractivity contribution in [2.24, 2.45) is 16.9 Å². The van der Waals surface area contributed by atoms with E-state index in [0.29, 0.717) is 0 Å². The number of hydrogen-bond donors (Lipinski definition) is 0. The van der Waals surface area contributed by atoms with Crippen LogP contribution in [0.4, 0.5) is 0 Å². The molecule has 3 aromatic carbocycles. The van der Waals surface area contributed by atoms with E-state index < -0.39 is 11.8 Å². The van der Waals surface area contributed by atoms with Crippen molar-refractivity contribution in [2.75, 3.05) is 0 Å². The summed E-state index contributed by atoms with van der Waals surface area (Å²) in [5, 5.41) is 5.37. The van der Waals surface area contributed by atoms with Crippen LogP contribution in [0, 0.1) is 11.8 Å². The maximum absolute atomic E-state index is 13.4. The summed E-state index contributed by atoms with van der Waals surface area (Å²) in [7, 11) is 0. The fraction of sp³-hybridized carbons (Fsp3) is 0.148. The van der Waals surface area contributed by atoms with E-state index in [1.165, 1.54) is 28.5 Å². The molecule has 1 saturated heterocycles. The minimum Gasteiger partial charge on any atom is -0.272 e. The number of carbonyl (C=O) groups is 2. The SMILES string of the molecule is O=C1[C@H]2C3c4ccccc4C(c4ccccc43)[C@@H]2C(=O)N1/N=C\C=C\c1ccccc1. The molecule has 0 spiro atoms. The van der Waals surface area contributed by atoms with E-state index in [2.05, 4.69) is 29.4 Å². The lowest BCUT2D eigenvalue weighted by Crippen LogP contribution is -2.41. The van der Waals surface area contributed by atoms with E-state index >= 15 is 0 Å². The van der Waals surface area contributed by atoms with E-state index in [1.54, 1.807) is 6.08 Å². The number of rotatable bonds is 3. The molecular formula is C27H20N2O2. The van der Waals surface area contributed by atoms with E-state index in [0.717, 1.165) is 10.6 Å². The molecule has 3 aliphatic carbocycles. The number of hydrazone groups is 1. The first-order valence-electron chi connectivity index (χ1n) is 10.6. The second-order valence-corrected chi connectivity index (χ2v) is 8.29. The van der Waals surface area contributed by atoms with Crippen LogP contribution in [0.3, 0.4) is 0 Å². The molecule has 1 fully saturated rings. The summed E-state index contributed by atoms with van der Waals surface area (Å²) in [6, 6.07) is 26.3. The number of carbonyl (C=O) groups excluding carboxylic acids is 2. The van der Waals surface area contributed by atoms with Gasteiger partial charge in [-0.05, 0) is 33.9 Å². The molecule has 1 aliphatic heterocycles. The third-order valence-corrected chi connectivity index (χ3v) is 6.78. The Hall–Kier alpha value is -3.79. The van der Waals surface area contributed by atoms with Gasteiger partial charge in [0, 0.05) is 18.1 Å². The summed E-state index contributed by atoms with van der Waals surface area (Å²) < 4.78 is 0. The maximum Gasteiger partial charge on any atom is 0.254 e. The molecule has 0 aromatic heterocycles. The van der Waals surface area contributed by atoms with Crippen LogP contribution in [0.25, 0.3) is 6.08 Å². The van der Waals surface area contributed by atoms with Crippen molar-refractivity contribution in [3.8, 4) is 0 Å². The highest BCUT2D eigenvalue weighted by Gasteiger charge is 2.61. The lowest BCUT2D eigenvalue weighted by molar-refractivity contribution is -0.139. The summed E-state index contributed by atoms with van der Waals surface area (Å²) in [6.45, 7) is 0. The van der Waals surface area contributed by atoms with Crippen LogP contribution in [0.5, 0.6) is 0 Å². The molecule has 31 heavy (non-hydrogen) atoms. The number of nitrogens with zero attached hydrogens (tertiary/aromatic N) is 2. The van der Waals surface area contributed by atoms with Crippen LogP contribution in [-0.2, 0) is 9.59 Å². The second kappa shape index (κ2) is 6.88. The van der Waals surface area contributed by atoms with Crippen molar-refractivity contribution < 1.29 is 9.59 Å². The van der Waals surface area contributed by atoms with Crippen molar-refractivity contribution in [3.63, 3.8) is 0 Å². The van der Waals surface area contributed by atoms with E-state index in [9.17, 15) is 9.59 Å². The molecule has 0 N–H and O–H groups in total. The Bertz CT molecular complexity index is 1150. The van der Waals surface area contributed by atoms with Crippen LogP contribution in [-0.4, -0.2) is 23.0 Å². The van der Waals surface area contributed by atoms with Gasteiger partial charge in [-0.15, -0.1) is 0 Å². The highest BCUT2D eigenvalue weighted by molar-refractivity contribution is 6.08. The van der Waals surface area contributed by atoms with Gasteiger partial charge in [-0.25, -0.2) is 0 Å². The molecule has 2 bridgehead atoms. The third kappa shape index (κ3) is 2.58. The Balaban J connectivity index is 1.37. The van der Waals surface area contributed by atoms with Gasteiger partial charge in [-0.1, -0.05) is 84.9 Å².